The molecule has 15 nitrogen and oxygen atoms in total. The lowest BCUT2D eigenvalue weighted by Gasteiger charge is -2.30. The average Bonchev–Trinajstić information content (AvgIpc) is 3.42. The van der Waals surface area contributed by atoms with Gasteiger partial charge in [0.15, 0.2) is 0 Å². The number of nitrogens with zero attached hydrogens (tertiary/aromatic N) is 3. The van der Waals surface area contributed by atoms with E-state index in [1.165, 1.54) is 17.0 Å². The molecule has 2 aromatic rings. The molecule has 3 heterocycles. The highest BCUT2D eigenvalue weighted by molar-refractivity contribution is 7.90. The van der Waals surface area contributed by atoms with Gasteiger partial charge in [-0.05, 0) is 81.8 Å². The standard InChI is InChI=1S/C40H52N6O9S/c1-39(2,3)55-37(50)41-32-16-10-8-6-7-9-15-28-22-40(28,36(49)43-56(52,53)31-19-17-29(18-20-31)44(4)5)42-34(47)33-21-30(25-46(33)35(32)48)54-38(51)45-23-26-13-11-12-14-27(26)24-45/h9,11-15,17-20,28,30,32-33H,6-8,10,16,21-25H2,1-5H3,(H,41,50)(H,42,47)(H,43,49)/b15-9-/t28-,30-,32+,33+,40-/m1/s1. The molecule has 0 bridgehead atoms. The normalized spacial score (nSPS) is 25.9. The smallest absolute Gasteiger partial charge is 0.410 e. The Morgan fingerprint density at radius 1 is 0.964 bits per heavy atom. The average molecular weight is 793 g/mol. The highest BCUT2D eigenvalue weighted by atomic mass is 32.2. The first-order valence-corrected chi connectivity index (χ1v) is 20.6. The van der Waals surface area contributed by atoms with Crippen molar-refractivity contribution in [1.82, 2.24) is 25.2 Å². The summed E-state index contributed by atoms with van der Waals surface area (Å²) in [6.07, 6.45) is 4.49. The van der Waals surface area contributed by atoms with Crippen LogP contribution in [0.3, 0.4) is 0 Å². The van der Waals surface area contributed by atoms with Crippen molar-refractivity contribution < 1.29 is 41.9 Å². The van der Waals surface area contributed by atoms with Crippen molar-refractivity contribution in [2.45, 2.75) is 113 Å². The molecular formula is C40H52N6O9S. The third-order valence-corrected chi connectivity index (χ3v) is 11.9. The maximum Gasteiger partial charge on any atom is 0.410 e. The van der Waals surface area contributed by atoms with Gasteiger partial charge in [0.2, 0.25) is 11.8 Å². The second kappa shape index (κ2) is 16.2. The van der Waals surface area contributed by atoms with Crippen LogP contribution in [0.4, 0.5) is 15.3 Å². The zero-order chi connectivity index (χ0) is 40.4. The van der Waals surface area contributed by atoms with Gasteiger partial charge in [-0.3, -0.25) is 19.3 Å². The number of hydrogen-bond acceptors (Lipinski definition) is 10. The van der Waals surface area contributed by atoms with Crippen LogP contribution in [0.25, 0.3) is 0 Å². The van der Waals surface area contributed by atoms with Crippen LogP contribution in [0.15, 0.2) is 65.6 Å². The summed E-state index contributed by atoms with van der Waals surface area (Å²) in [5.74, 6) is -2.69. The lowest BCUT2D eigenvalue weighted by atomic mass is 10.0. The second-order valence-electron chi connectivity index (χ2n) is 16.2. The Bertz CT molecular complexity index is 1950. The van der Waals surface area contributed by atoms with Gasteiger partial charge in [0.25, 0.3) is 15.9 Å². The quantitative estimate of drug-likeness (QED) is 0.362. The number of rotatable bonds is 6. The minimum Gasteiger partial charge on any atom is -0.444 e. The number of allylic oxidation sites excluding steroid dienone is 1. The van der Waals surface area contributed by atoms with Gasteiger partial charge >= 0.3 is 12.2 Å². The summed E-state index contributed by atoms with van der Waals surface area (Å²) in [6.45, 7) is 5.69. The maximum absolute atomic E-state index is 14.4. The zero-order valence-corrected chi connectivity index (χ0v) is 33.4. The molecule has 1 saturated heterocycles. The minimum atomic E-state index is -4.33. The number of alkyl carbamates (subject to hydrolysis) is 1. The lowest BCUT2D eigenvalue weighted by Crippen LogP contribution is -2.58. The first-order chi connectivity index (χ1) is 26.5. The second-order valence-corrected chi connectivity index (χ2v) is 17.9. The topological polar surface area (TPSA) is 184 Å². The van der Waals surface area contributed by atoms with Gasteiger partial charge in [-0.1, -0.05) is 49.3 Å². The van der Waals surface area contributed by atoms with Gasteiger partial charge in [-0.2, -0.15) is 0 Å². The van der Waals surface area contributed by atoms with E-state index in [1.54, 1.807) is 37.8 Å². The Kier molecular flexibility index (Phi) is 11.7. The summed E-state index contributed by atoms with van der Waals surface area (Å²) in [5, 5.41) is 5.53. The van der Waals surface area contributed by atoms with Crippen LogP contribution < -0.4 is 20.3 Å². The molecule has 1 saturated carbocycles. The maximum atomic E-state index is 14.4. The Morgan fingerprint density at radius 3 is 2.29 bits per heavy atom. The molecule has 4 aliphatic rings. The third kappa shape index (κ3) is 9.28. The van der Waals surface area contributed by atoms with Crippen molar-refractivity contribution >= 4 is 45.6 Å². The highest BCUT2D eigenvalue weighted by Gasteiger charge is 2.61. The molecule has 0 radical (unpaired) electrons. The zero-order valence-electron chi connectivity index (χ0n) is 32.6. The van der Waals surface area contributed by atoms with Crippen molar-refractivity contribution in [3.63, 3.8) is 0 Å². The van der Waals surface area contributed by atoms with Crippen molar-refractivity contribution in [3.05, 3.63) is 71.8 Å². The van der Waals surface area contributed by atoms with Crippen molar-refractivity contribution in [1.29, 1.82) is 0 Å². The van der Waals surface area contributed by atoms with Crippen LogP contribution in [-0.2, 0) is 47.0 Å². The van der Waals surface area contributed by atoms with Gasteiger partial charge in [-0.25, -0.2) is 22.7 Å². The number of carbonyl (C=O) groups excluding carboxylic acids is 5. The Labute approximate surface area is 328 Å². The molecule has 56 heavy (non-hydrogen) atoms. The Morgan fingerprint density at radius 2 is 1.64 bits per heavy atom. The molecule has 0 unspecified atom stereocenters. The van der Waals surface area contributed by atoms with Crippen molar-refractivity contribution in [3.8, 4) is 0 Å². The van der Waals surface area contributed by atoms with Gasteiger partial charge in [0, 0.05) is 45.2 Å². The van der Waals surface area contributed by atoms with Crippen LogP contribution in [0, 0.1) is 5.92 Å². The van der Waals surface area contributed by atoms with E-state index in [9.17, 15) is 32.4 Å². The van der Waals surface area contributed by atoms with Gasteiger partial charge in [-0.15, -0.1) is 0 Å². The van der Waals surface area contributed by atoms with Gasteiger partial charge in [0.05, 0.1) is 11.4 Å². The molecule has 3 N–H and O–H groups in total. The predicted octanol–water partition coefficient (Wildman–Crippen LogP) is 3.97. The molecule has 2 aromatic carbocycles. The molecule has 1 aliphatic carbocycles. The molecule has 0 aromatic heterocycles. The van der Waals surface area contributed by atoms with Crippen molar-refractivity contribution in [2.24, 2.45) is 5.92 Å². The number of amides is 5. The number of carbonyl (C=O) groups is 5. The molecule has 0 spiro atoms. The first-order valence-electron chi connectivity index (χ1n) is 19.1. The highest BCUT2D eigenvalue weighted by Crippen LogP contribution is 2.46. The third-order valence-electron chi connectivity index (χ3n) is 10.6. The summed E-state index contributed by atoms with van der Waals surface area (Å²) in [4.78, 5) is 73.7. The summed E-state index contributed by atoms with van der Waals surface area (Å²) in [6, 6.07) is 11.4. The summed E-state index contributed by atoms with van der Waals surface area (Å²) < 4.78 is 40.5. The van der Waals surface area contributed by atoms with Gasteiger partial charge < -0.3 is 29.9 Å². The minimum absolute atomic E-state index is 0.0853. The van der Waals surface area contributed by atoms with E-state index in [0.717, 1.165) is 29.7 Å². The number of nitrogens with one attached hydrogen (secondary N) is 3. The number of sulfonamides is 1. The van der Waals surface area contributed by atoms with E-state index in [4.69, 9.17) is 9.47 Å². The molecule has 6 rings (SSSR count). The molecule has 3 aliphatic heterocycles. The lowest BCUT2D eigenvalue weighted by molar-refractivity contribution is -0.141. The number of anilines is 1. The molecule has 5 amide bonds. The molecule has 2 fully saturated rings. The number of fused-ring (bicyclic) bond motifs is 3. The summed E-state index contributed by atoms with van der Waals surface area (Å²) in [7, 11) is -0.691. The Balaban J connectivity index is 1.26. The van der Waals surface area contributed by atoms with E-state index < -0.39 is 75.2 Å². The Hall–Kier alpha value is -5.12. The van der Waals surface area contributed by atoms with Crippen LogP contribution >= 0.6 is 0 Å². The number of ether oxygens (including phenoxy) is 2. The number of benzene rings is 2. The SMILES string of the molecule is CN(C)c1ccc(S(=O)(=O)NC(=O)[C@@]23C[C@H]2/C=C\CCCCC[C@H](NC(=O)OC(C)(C)C)C(=O)N2C[C@H](OC(=O)N4Cc5ccccc5C4)C[C@H]2C(=O)N3)cc1. The van der Waals surface area contributed by atoms with Crippen molar-refractivity contribution in [2.75, 3.05) is 25.5 Å². The fraction of sp³-hybridized carbons (Fsp3) is 0.525. The molecule has 302 valence electrons. The predicted molar refractivity (Wildman–Crippen MR) is 207 cm³/mol. The fourth-order valence-electron chi connectivity index (χ4n) is 7.49. The van der Waals surface area contributed by atoms with E-state index >= 15 is 0 Å². The van der Waals surface area contributed by atoms with Gasteiger partial charge in [0.1, 0.15) is 29.3 Å². The van der Waals surface area contributed by atoms with Crippen LogP contribution in [0.1, 0.15) is 76.8 Å². The van der Waals surface area contributed by atoms with E-state index in [0.29, 0.717) is 25.9 Å². The molecule has 16 heteroatoms. The largest absolute Gasteiger partial charge is 0.444 e. The fourth-order valence-corrected chi connectivity index (χ4v) is 8.53. The van der Waals surface area contributed by atoms with E-state index in [1.807, 2.05) is 55.4 Å². The number of hydrogen-bond donors (Lipinski definition) is 3. The monoisotopic (exact) mass is 792 g/mol. The summed E-state index contributed by atoms with van der Waals surface area (Å²) >= 11 is 0. The van der Waals surface area contributed by atoms with E-state index in [2.05, 4.69) is 15.4 Å². The van der Waals surface area contributed by atoms with Crippen LogP contribution in [-0.4, -0.2) is 98.1 Å². The van der Waals surface area contributed by atoms with Crippen LogP contribution in [0.2, 0.25) is 0 Å². The molecular weight excluding hydrogens is 741 g/mol. The van der Waals surface area contributed by atoms with Crippen LogP contribution in [0.5, 0.6) is 0 Å². The van der Waals surface area contributed by atoms with E-state index in [-0.39, 0.29) is 30.7 Å². The first kappa shape index (κ1) is 40.5. The summed E-state index contributed by atoms with van der Waals surface area (Å²) in [5.41, 5.74) is 0.312. The molecule has 5 atom stereocenters.